The van der Waals surface area contributed by atoms with Gasteiger partial charge < -0.3 is 0 Å². The van der Waals surface area contributed by atoms with Gasteiger partial charge in [-0.25, -0.2) is 4.39 Å². The van der Waals surface area contributed by atoms with Gasteiger partial charge in [0.15, 0.2) is 0 Å². The third-order valence-electron chi connectivity index (χ3n) is 3.30. The summed E-state index contributed by atoms with van der Waals surface area (Å²) >= 11 is 6.06. The molecule has 3 rings (SSSR count). The monoisotopic (exact) mass is 308 g/mol. The Morgan fingerprint density at radius 3 is 2.23 bits per heavy atom. The van der Waals surface area contributed by atoms with Crippen molar-refractivity contribution in [1.82, 2.24) is 4.98 Å². The van der Waals surface area contributed by atoms with Crippen molar-refractivity contribution in [1.29, 1.82) is 5.26 Å². The third-order valence-corrected chi connectivity index (χ3v) is 3.50. The van der Waals surface area contributed by atoms with Gasteiger partial charge in [-0.2, -0.15) is 5.26 Å². The van der Waals surface area contributed by atoms with Crippen LogP contribution in [0.15, 0.2) is 60.8 Å². The second kappa shape index (κ2) is 5.97. The number of nitrogens with zero attached hydrogens (tertiary/aromatic N) is 2. The van der Waals surface area contributed by atoms with E-state index in [0.717, 1.165) is 16.7 Å². The predicted octanol–water partition coefficient (Wildman–Crippen LogP) is 5.08. The fourth-order valence-corrected chi connectivity index (χ4v) is 2.38. The Hall–Kier alpha value is -2.70. The molecule has 0 aliphatic heterocycles. The Bertz CT molecular complexity index is 850. The smallest absolute Gasteiger partial charge is 0.123 e. The van der Waals surface area contributed by atoms with Gasteiger partial charge in [0, 0.05) is 17.3 Å². The number of hydrogen-bond acceptors (Lipinski definition) is 2. The van der Waals surface area contributed by atoms with Crippen molar-refractivity contribution in [3.8, 4) is 28.5 Å². The molecule has 0 aliphatic carbocycles. The zero-order chi connectivity index (χ0) is 15.5. The van der Waals surface area contributed by atoms with Gasteiger partial charge in [0.2, 0.25) is 0 Å². The fraction of sp³-hybridized carbons (Fsp3) is 0. The SMILES string of the molecule is N#Cc1ccc(-c2cc(Cl)cnc2-c2ccc(F)cc2)cc1. The molecule has 0 saturated heterocycles. The molecule has 2 nitrogen and oxygen atoms in total. The highest BCUT2D eigenvalue weighted by atomic mass is 35.5. The molecule has 0 fully saturated rings. The lowest BCUT2D eigenvalue weighted by atomic mass is 9.98. The number of hydrogen-bond donors (Lipinski definition) is 0. The highest BCUT2D eigenvalue weighted by Crippen LogP contribution is 2.32. The average Bonchev–Trinajstić information content (AvgIpc) is 2.56. The molecule has 0 saturated carbocycles. The maximum Gasteiger partial charge on any atom is 0.123 e. The van der Waals surface area contributed by atoms with Crippen LogP contribution in [0, 0.1) is 17.1 Å². The highest BCUT2D eigenvalue weighted by molar-refractivity contribution is 6.30. The van der Waals surface area contributed by atoms with Crippen LogP contribution in [0.1, 0.15) is 5.56 Å². The summed E-state index contributed by atoms with van der Waals surface area (Å²) in [6.07, 6.45) is 1.56. The first-order valence-electron chi connectivity index (χ1n) is 6.59. The van der Waals surface area contributed by atoms with Crippen LogP contribution < -0.4 is 0 Å². The first kappa shape index (κ1) is 14.2. The van der Waals surface area contributed by atoms with Crippen molar-refractivity contribution < 1.29 is 4.39 Å². The van der Waals surface area contributed by atoms with E-state index < -0.39 is 0 Å². The van der Waals surface area contributed by atoms with E-state index in [2.05, 4.69) is 11.1 Å². The molecule has 0 aliphatic rings. The Morgan fingerprint density at radius 2 is 1.59 bits per heavy atom. The molecule has 0 N–H and O–H groups in total. The van der Waals surface area contributed by atoms with Crippen LogP contribution in [0.4, 0.5) is 4.39 Å². The Labute approximate surface area is 132 Å². The first-order chi connectivity index (χ1) is 10.7. The van der Waals surface area contributed by atoms with Crippen LogP contribution in [0.5, 0.6) is 0 Å². The summed E-state index contributed by atoms with van der Waals surface area (Å²) in [5.41, 5.74) is 3.84. The van der Waals surface area contributed by atoms with Crippen molar-refractivity contribution in [2.45, 2.75) is 0 Å². The molecule has 3 aromatic rings. The Morgan fingerprint density at radius 1 is 0.955 bits per heavy atom. The van der Waals surface area contributed by atoms with Gasteiger partial charge in [-0.05, 0) is 48.0 Å². The zero-order valence-corrected chi connectivity index (χ0v) is 12.2. The van der Waals surface area contributed by atoms with Crippen LogP contribution in [-0.2, 0) is 0 Å². The lowest BCUT2D eigenvalue weighted by molar-refractivity contribution is 0.628. The number of pyridine rings is 1. The molecule has 0 atom stereocenters. The van der Waals surface area contributed by atoms with E-state index in [1.807, 2.05) is 18.2 Å². The van der Waals surface area contributed by atoms with Gasteiger partial charge in [-0.1, -0.05) is 23.7 Å². The molecule has 0 radical (unpaired) electrons. The summed E-state index contributed by atoms with van der Waals surface area (Å²) < 4.78 is 13.1. The van der Waals surface area contributed by atoms with E-state index >= 15 is 0 Å². The summed E-state index contributed by atoms with van der Waals surface area (Å²) in [7, 11) is 0. The largest absolute Gasteiger partial charge is 0.254 e. The number of nitriles is 1. The Balaban J connectivity index is 2.15. The van der Waals surface area contributed by atoms with Crippen molar-refractivity contribution in [3.05, 3.63) is 77.2 Å². The molecule has 2 aromatic carbocycles. The van der Waals surface area contributed by atoms with E-state index in [-0.39, 0.29) is 5.82 Å². The maximum atomic E-state index is 13.1. The zero-order valence-electron chi connectivity index (χ0n) is 11.4. The van der Waals surface area contributed by atoms with E-state index in [9.17, 15) is 4.39 Å². The number of rotatable bonds is 2. The minimum atomic E-state index is -0.294. The second-order valence-electron chi connectivity index (χ2n) is 4.75. The fourth-order valence-electron chi connectivity index (χ4n) is 2.22. The molecule has 0 bridgehead atoms. The minimum absolute atomic E-state index is 0.294. The topological polar surface area (TPSA) is 36.7 Å². The molecule has 1 aromatic heterocycles. The second-order valence-corrected chi connectivity index (χ2v) is 5.18. The van der Waals surface area contributed by atoms with Gasteiger partial charge >= 0.3 is 0 Å². The molecule has 106 valence electrons. The molecule has 22 heavy (non-hydrogen) atoms. The number of aromatic nitrogens is 1. The van der Waals surface area contributed by atoms with Crippen LogP contribution in [0.25, 0.3) is 22.4 Å². The van der Waals surface area contributed by atoms with E-state index in [1.54, 1.807) is 30.5 Å². The summed E-state index contributed by atoms with van der Waals surface area (Å²) in [6, 6.07) is 17.2. The number of benzene rings is 2. The minimum Gasteiger partial charge on any atom is -0.254 e. The van der Waals surface area contributed by atoms with Crippen LogP contribution in [0.2, 0.25) is 5.02 Å². The molecule has 4 heteroatoms. The van der Waals surface area contributed by atoms with Crippen molar-refractivity contribution in [3.63, 3.8) is 0 Å². The van der Waals surface area contributed by atoms with E-state index in [4.69, 9.17) is 16.9 Å². The van der Waals surface area contributed by atoms with Crippen molar-refractivity contribution in [2.24, 2.45) is 0 Å². The highest BCUT2D eigenvalue weighted by Gasteiger charge is 2.10. The van der Waals surface area contributed by atoms with E-state index in [0.29, 0.717) is 16.3 Å². The summed E-state index contributed by atoms with van der Waals surface area (Å²) in [5, 5.41) is 9.40. The lowest BCUT2D eigenvalue weighted by Crippen LogP contribution is -1.90. The molecular weight excluding hydrogens is 299 g/mol. The van der Waals surface area contributed by atoms with E-state index in [1.165, 1.54) is 12.1 Å². The molecule has 0 amide bonds. The van der Waals surface area contributed by atoms with Crippen molar-refractivity contribution in [2.75, 3.05) is 0 Å². The Kier molecular flexibility index (Phi) is 3.86. The quantitative estimate of drug-likeness (QED) is 0.662. The third kappa shape index (κ3) is 2.83. The maximum absolute atomic E-state index is 13.1. The molecular formula is C18H10ClFN2. The normalized spacial score (nSPS) is 10.2. The lowest BCUT2D eigenvalue weighted by Gasteiger charge is -2.10. The summed E-state index contributed by atoms with van der Waals surface area (Å²) in [6.45, 7) is 0. The van der Waals surface area contributed by atoms with Crippen LogP contribution >= 0.6 is 11.6 Å². The average molecular weight is 309 g/mol. The molecule has 0 spiro atoms. The van der Waals surface area contributed by atoms with Gasteiger partial charge in [0.05, 0.1) is 22.3 Å². The summed E-state index contributed by atoms with van der Waals surface area (Å²) in [5.74, 6) is -0.294. The molecule has 1 heterocycles. The first-order valence-corrected chi connectivity index (χ1v) is 6.97. The predicted molar refractivity (Wildman–Crippen MR) is 84.8 cm³/mol. The van der Waals surface area contributed by atoms with Crippen molar-refractivity contribution >= 4 is 11.6 Å². The number of halogens is 2. The summed E-state index contributed by atoms with van der Waals surface area (Å²) in [4.78, 5) is 4.38. The van der Waals surface area contributed by atoms with Gasteiger partial charge in [0.25, 0.3) is 0 Å². The van der Waals surface area contributed by atoms with Crippen LogP contribution in [0.3, 0.4) is 0 Å². The van der Waals surface area contributed by atoms with Gasteiger partial charge in [0.1, 0.15) is 5.82 Å². The standard InChI is InChI=1S/C18H10ClFN2/c19-15-9-17(13-3-1-12(10-21)2-4-13)18(22-11-15)14-5-7-16(20)8-6-14/h1-9,11H. The van der Waals surface area contributed by atoms with Gasteiger partial charge in [-0.15, -0.1) is 0 Å². The molecule has 0 unspecified atom stereocenters. The van der Waals surface area contributed by atoms with Gasteiger partial charge in [-0.3, -0.25) is 4.98 Å². The van der Waals surface area contributed by atoms with Crippen LogP contribution in [-0.4, -0.2) is 4.98 Å².